The Balaban J connectivity index is -0.0000000257. The van der Waals surface area contributed by atoms with E-state index in [2.05, 4.69) is 37.9 Å². The van der Waals surface area contributed by atoms with Crippen LogP contribution in [0, 0.1) is 81.4 Å². The Kier molecular flexibility index (Phi) is 120. The van der Waals surface area contributed by atoms with Gasteiger partial charge in [0.1, 0.15) is 0 Å². The molecule has 0 aliphatic heterocycles. The van der Waals surface area contributed by atoms with E-state index in [1.165, 1.54) is 16.2 Å². The van der Waals surface area contributed by atoms with Crippen molar-refractivity contribution in [2.24, 2.45) is 0 Å². The molecular formula is C3EuN3S3. The van der Waals surface area contributed by atoms with Gasteiger partial charge in [-0.25, -0.2) is 15.8 Å². The summed E-state index contributed by atoms with van der Waals surface area (Å²) >= 11 is 11.1. The fourth-order valence-electron chi connectivity index (χ4n) is 0. The van der Waals surface area contributed by atoms with Crippen molar-refractivity contribution in [1.82, 2.24) is 0 Å². The van der Waals surface area contributed by atoms with Gasteiger partial charge in [-0.15, -0.1) is 0 Å². The predicted octanol–water partition coefficient (Wildman–Crippen LogP) is 0.0431. The van der Waals surface area contributed by atoms with Crippen molar-refractivity contribution in [3.05, 3.63) is 0 Å². The topological polar surface area (TPSA) is 71.4 Å². The van der Waals surface area contributed by atoms with Crippen LogP contribution < -0.4 is 0 Å². The first kappa shape index (κ1) is 22.4. The van der Waals surface area contributed by atoms with Gasteiger partial charge in [0.05, 0.1) is 0 Å². The van der Waals surface area contributed by atoms with Gasteiger partial charge in [-0.1, -0.05) is 16.2 Å². The Bertz CT molecular complexity index is 112. The molecule has 0 radical (unpaired) electrons. The molecule has 0 saturated heterocycles. The number of hydrogen-bond acceptors (Lipinski definition) is 6. The maximum Gasteiger partial charge on any atom is 3.00 e. The molecule has 0 saturated carbocycles. The number of nitriles is 3. The Morgan fingerprint density at radius 3 is 0.700 bits per heavy atom. The molecule has 0 unspecified atom stereocenters. The summed E-state index contributed by atoms with van der Waals surface area (Å²) in [7, 11) is 0. The summed E-state index contributed by atoms with van der Waals surface area (Å²) in [4.78, 5) is 0. The van der Waals surface area contributed by atoms with Crippen LogP contribution in [0.3, 0.4) is 0 Å². The fourth-order valence-corrected chi connectivity index (χ4v) is 0. The second-order valence-electron chi connectivity index (χ2n) is 0.274. The Hall–Kier alpha value is 0.714. The van der Waals surface area contributed by atoms with Crippen LogP contribution in [0.1, 0.15) is 0 Å². The molecule has 0 aliphatic rings. The molecule has 10 heavy (non-hydrogen) atoms. The molecule has 0 aliphatic carbocycles. The molecule has 0 aromatic rings. The monoisotopic (exact) mass is 327 g/mol. The van der Waals surface area contributed by atoms with Gasteiger partial charge in [0.2, 0.25) is 0 Å². The van der Waals surface area contributed by atoms with E-state index < -0.39 is 0 Å². The van der Waals surface area contributed by atoms with Gasteiger partial charge in [-0.2, -0.15) is 0 Å². The van der Waals surface area contributed by atoms with Crippen molar-refractivity contribution in [1.29, 1.82) is 15.8 Å². The van der Waals surface area contributed by atoms with Gasteiger partial charge in [0.15, 0.2) is 0 Å². The van der Waals surface area contributed by atoms with E-state index in [4.69, 9.17) is 15.8 Å². The summed E-state index contributed by atoms with van der Waals surface area (Å²) in [6.45, 7) is 0. The average Bonchev–Trinajstić information content (AvgIpc) is 1.70. The number of thiocyanates is 3. The van der Waals surface area contributed by atoms with E-state index >= 15 is 0 Å². The van der Waals surface area contributed by atoms with Gasteiger partial charge < -0.3 is 37.9 Å². The first-order valence-corrected chi connectivity index (χ1v) is 2.51. The van der Waals surface area contributed by atoms with Gasteiger partial charge in [0, 0.05) is 0 Å². The molecule has 3 nitrogen and oxygen atoms in total. The van der Waals surface area contributed by atoms with Crippen LogP contribution >= 0.6 is 0 Å². The van der Waals surface area contributed by atoms with Crippen LogP contribution in [0.4, 0.5) is 0 Å². The molecule has 0 rings (SSSR count). The van der Waals surface area contributed by atoms with Crippen LogP contribution in [-0.4, -0.2) is 0 Å². The second kappa shape index (κ2) is 53.5. The maximum absolute atomic E-state index is 7.13. The quantitative estimate of drug-likeness (QED) is 0.462. The van der Waals surface area contributed by atoms with Crippen LogP contribution in [0.25, 0.3) is 0 Å². The first-order chi connectivity index (χ1) is 4.24. The molecule has 0 amide bonds. The summed E-state index contributed by atoms with van der Waals surface area (Å²) in [6.07, 6.45) is 0. The van der Waals surface area contributed by atoms with E-state index in [0.29, 0.717) is 0 Å². The van der Waals surface area contributed by atoms with E-state index in [1.54, 1.807) is 0 Å². The third-order valence-corrected chi connectivity index (χ3v) is 0. The molecule has 0 bridgehead atoms. The Morgan fingerprint density at radius 2 is 0.700 bits per heavy atom. The van der Waals surface area contributed by atoms with E-state index in [-0.39, 0.29) is 49.4 Å². The van der Waals surface area contributed by atoms with E-state index in [1.807, 2.05) is 0 Å². The van der Waals surface area contributed by atoms with Crippen molar-refractivity contribution in [2.45, 2.75) is 0 Å². The third-order valence-electron chi connectivity index (χ3n) is 0. The average molecular weight is 326 g/mol. The third kappa shape index (κ3) is 1020. The number of hydrogen-bond donors (Lipinski definition) is 0. The molecule has 0 N–H and O–H groups in total. The zero-order valence-corrected chi connectivity index (χ0v) is 9.32. The van der Waals surface area contributed by atoms with Gasteiger partial charge in [0.25, 0.3) is 0 Å². The van der Waals surface area contributed by atoms with Gasteiger partial charge in [-0.05, 0) is 0 Å². The van der Waals surface area contributed by atoms with Crippen molar-refractivity contribution in [3.63, 3.8) is 0 Å². The Labute approximate surface area is 117 Å². The van der Waals surface area contributed by atoms with Crippen LogP contribution in [0.15, 0.2) is 0 Å². The summed E-state index contributed by atoms with van der Waals surface area (Å²) in [5, 5.41) is 25.4. The largest absolute Gasteiger partial charge is 3.00 e. The maximum atomic E-state index is 7.13. The molecule has 0 fully saturated rings. The van der Waals surface area contributed by atoms with Gasteiger partial charge in [-0.3, -0.25) is 0 Å². The number of rotatable bonds is 0. The molecule has 0 aromatic carbocycles. The molecule has 52 valence electrons. The first-order valence-electron chi connectivity index (χ1n) is 1.28. The SMILES string of the molecule is N#C[S-].N#C[S-].N#C[S-].[Eu+3]. The van der Waals surface area contributed by atoms with Crippen molar-refractivity contribution in [3.8, 4) is 16.2 Å². The fraction of sp³-hybridized carbons (Fsp3) is 0. The van der Waals surface area contributed by atoms with Crippen molar-refractivity contribution < 1.29 is 49.4 Å². The molecule has 0 spiro atoms. The predicted molar refractivity (Wildman–Crippen MR) is 38.9 cm³/mol. The summed E-state index contributed by atoms with van der Waals surface area (Å²) in [5.41, 5.74) is 0. The van der Waals surface area contributed by atoms with Crippen molar-refractivity contribution in [2.75, 3.05) is 0 Å². The number of nitrogens with zero attached hydrogens (tertiary/aromatic N) is 3. The minimum Gasteiger partial charge on any atom is -0.696 e. The molecule has 0 heterocycles. The molecule has 0 atom stereocenters. The summed E-state index contributed by atoms with van der Waals surface area (Å²) in [5.74, 6) is 0. The molecular weight excluding hydrogens is 326 g/mol. The Morgan fingerprint density at radius 1 is 0.700 bits per heavy atom. The zero-order chi connectivity index (χ0) is 8.12. The molecule has 7 heteroatoms. The summed E-state index contributed by atoms with van der Waals surface area (Å²) < 4.78 is 0. The van der Waals surface area contributed by atoms with Crippen LogP contribution in [-0.2, 0) is 37.9 Å². The standard InChI is InChI=1S/3CHNS.Eu/c3*2-1-3;/h3*3H;/q;;;+3/p-3. The van der Waals surface area contributed by atoms with E-state index in [9.17, 15) is 0 Å². The minimum atomic E-state index is 0. The normalized spacial score (nSPS) is 2.10. The summed E-state index contributed by atoms with van der Waals surface area (Å²) in [6, 6.07) is 0. The van der Waals surface area contributed by atoms with Gasteiger partial charge >= 0.3 is 49.4 Å². The zero-order valence-electron chi connectivity index (χ0n) is 4.44. The molecule has 0 aromatic heterocycles. The second-order valence-corrected chi connectivity index (χ2v) is 0.822. The minimum absolute atomic E-state index is 0. The van der Waals surface area contributed by atoms with Crippen LogP contribution in [0.5, 0.6) is 0 Å². The van der Waals surface area contributed by atoms with Crippen molar-refractivity contribution >= 4 is 37.9 Å². The smallest absolute Gasteiger partial charge is 0.696 e. The van der Waals surface area contributed by atoms with E-state index in [0.717, 1.165) is 0 Å². The van der Waals surface area contributed by atoms with Crippen LogP contribution in [0.2, 0.25) is 0 Å².